The molecule has 3 aromatic rings. The molecule has 8 heteroatoms. The Morgan fingerprint density at radius 2 is 1.69 bits per heavy atom. The minimum atomic E-state index is -1.25. The molecule has 0 saturated carbocycles. The van der Waals surface area contributed by atoms with E-state index in [0.717, 1.165) is 16.8 Å². The lowest BCUT2D eigenvalue weighted by atomic mass is 10.0. The summed E-state index contributed by atoms with van der Waals surface area (Å²) in [6.45, 7) is -0.651. The predicted octanol–water partition coefficient (Wildman–Crippen LogP) is 1.79. The summed E-state index contributed by atoms with van der Waals surface area (Å²) in [5.41, 5.74) is 2.10. The summed E-state index contributed by atoms with van der Waals surface area (Å²) in [5, 5.41) is 21.6. The Balaban J connectivity index is 2.09. The second-order valence-corrected chi connectivity index (χ2v) is 6.84. The molecular weight excluding hydrogens is 374 g/mol. The maximum atomic E-state index is 12.6. The molecule has 0 aliphatic rings. The normalized spacial score (nSPS) is 10.7. The lowest BCUT2D eigenvalue weighted by Gasteiger charge is -2.14. The van der Waals surface area contributed by atoms with Crippen LogP contribution in [0, 0.1) is 0 Å². The number of rotatable bonds is 5. The number of anilines is 1. The molecular formula is C21H21N3O5. The Kier molecular flexibility index (Phi) is 5.27. The molecule has 0 fully saturated rings. The first-order chi connectivity index (χ1) is 13.7. The SMILES string of the molecule is CN(C)c1ccc(-c2ccc3c(O)c(C(=O)NCC(=O)O)c(=O)n(C)c3c2)cc1. The van der Waals surface area contributed by atoms with Gasteiger partial charge in [0, 0.05) is 32.2 Å². The van der Waals surface area contributed by atoms with Gasteiger partial charge in [0.15, 0.2) is 0 Å². The van der Waals surface area contributed by atoms with E-state index in [9.17, 15) is 19.5 Å². The number of carbonyl (C=O) groups excluding carboxylic acids is 1. The van der Waals surface area contributed by atoms with E-state index in [1.54, 1.807) is 18.2 Å². The number of aromatic nitrogens is 1. The summed E-state index contributed by atoms with van der Waals surface area (Å²) in [7, 11) is 5.40. The number of carbonyl (C=O) groups is 2. The van der Waals surface area contributed by atoms with Crippen LogP contribution in [-0.4, -0.2) is 47.3 Å². The third-order valence-electron chi connectivity index (χ3n) is 4.71. The van der Waals surface area contributed by atoms with Crippen molar-refractivity contribution in [2.45, 2.75) is 0 Å². The lowest BCUT2D eigenvalue weighted by molar-refractivity contribution is -0.135. The molecule has 0 saturated heterocycles. The molecule has 3 rings (SSSR count). The van der Waals surface area contributed by atoms with Gasteiger partial charge in [-0.2, -0.15) is 0 Å². The van der Waals surface area contributed by atoms with E-state index in [1.807, 2.05) is 43.3 Å². The van der Waals surface area contributed by atoms with Gasteiger partial charge in [0.2, 0.25) is 0 Å². The van der Waals surface area contributed by atoms with Gasteiger partial charge in [-0.1, -0.05) is 18.2 Å². The molecule has 1 amide bonds. The number of hydrogen-bond donors (Lipinski definition) is 3. The molecule has 0 atom stereocenters. The average Bonchev–Trinajstić information content (AvgIpc) is 2.70. The average molecular weight is 395 g/mol. The van der Waals surface area contributed by atoms with Crippen LogP contribution in [0.25, 0.3) is 22.0 Å². The van der Waals surface area contributed by atoms with Crippen LogP contribution in [0.5, 0.6) is 5.75 Å². The van der Waals surface area contributed by atoms with Gasteiger partial charge in [-0.3, -0.25) is 14.4 Å². The molecule has 2 aromatic carbocycles. The van der Waals surface area contributed by atoms with Crippen LogP contribution in [0.4, 0.5) is 5.69 Å². The van der Waals surface area contributed by atoms with E-state index < -0.39 is 35.3 Å². The molecule has 3 N–H and O–H groups in total. The third kappa shape index (κ3) is 3.77. The van der Waals surface area contributed by atoms with Gasteiger partial charge in [-0.15, -0.1) is 0 Å². The van der Waals surface area contributed by atoms with Gasteiger partial charge in [-0.25, -0.2) is 0 Å². The van der Waals surface area contributed by atoms with E-state index in [0.29, 0.717) is 10.9 Å². The van der Waals surface area contributed by atoms with Gasteiger partial charge in [-0.05, 0) is 35.4 Å². The molecule has 1 aromatic heterocycles. The Bertz CT molecular complexity index is 1160. The van der Waals surface area contributed by atoms with Gasteiger partial charge in [0.05, 0.1) is 5.52 Å². The zero-order valence-corrected chi connectivity index (χ0v) is 16.3. The van der Waals surface area contributed by atoms with Gasteiger partial charge < -0.3 is 25.0 Å². The van der Waals surface area contributed by atoms with Crippen LogP contribution < -0.4 is 15.8 Å². The van der Waals surface area contributed by atoms with E-state index in [4.69, 9.17) is 5.11 Å². The van der Waals surface area contributed by atoms with Crippen molar-refractivity contribution < 1.29 is 19.8 Å². The number of aliphatic carboxylic acids is 1. The minimum absolute atomic E-state index is 0.321. The number of aryl methyl sites for hydroxylation is 1. The number of amides is 1. The molecule has 0 spiro atoms. The summed E-state index contributed by atoms with van der Waals surface area (Å²) in [5.74, 6) is -2.66. The van der Waals surface area contributed by atoms with Gasteiger partial charge in [0.1, 0.15) is 17.9 Å². The number of nitrogens with zero attached hydrogens (tertiary/aromatic N) is 2. The molecule has 8 nitrogen and oxygen atoms in total. The fourth-order valence-corrected chi connectivity index (χ4v) is 3.10. The summed E-state index contributed by atoms with van der Waals surface area (Å²) in [6, 6.07) is 13.1. The van der Waals surface area contributed by atoms with Crippen molar-refractivity contribution in [2.75, 3.05) is 25.5 Å². The largest absolute Gasteiger partial charge is 0.506 e. The quantitative estimate of drug-likeness (QED) is 0.607. The standard InChI is InChI=1S/C21H21N3O5/c1-23(2)14-7-4-12(5-8-14)13-6-9-15-16(10-13)24(3)21(29)18(19(15)27)20(28)22-11-17(25)26/h4-10,27H,11H2,1-3H3,(H,22,28)(H,25,26). The molecule has 29 heavy (non-hydrogen) atoms. The maximum Gasteiger partial charge on any atom is 0.322 e. The first-order valence-electron chi connectivity index (χ1n) is 8.84. The van der Waals surface area contributed by atoms with Crippen molar-refractivity contribution in [3.8, 4) is 16.9 Å². The van der Waals surface area contributed by atoms with Crippen LogP contribution in [0.15, 0.2) is 47.3 Å². The second kappa shape index (κ2) is 7.67. The highest BCUT2D eigenvalue weighted by molar-refractivity contribution is 6.03. The predicted molar refractivity (Wildman–Crippen MR) is 111 cm³/mol. The lowest BCUT2D eigenvalue weighted by Crippen LogP contribution is -2.35. The topological polar surface area (TPSA) is 112 Å². The second-order valence-electron chi connectivity index (χ2n) is 6.84. The first-order valence-corrected chi connectivity index (χ1v) is 8.84. The molecule has 0 aliphatic carbocycles. The highest BCUT2D eigenvalue weighted by Crippen LogP contribution is 2.31. The summed E-state index contributed by atoms with van der Waals surface area (Å²) in [4.78, 5) is 37.5. The maximum absolute atomic E-state index is 12.6. The third-order valence-corrected chi connectivity index (χ3v) is 4.71. The molecule has 0 aliphatic heterocycles. The molecule has 150 valence electrons. The Labute approximate surface area is 166 Å². The number of hydrogen-bond acceptors (Lipinski definition) is 5. The van der Waals surface area contributed by atoms with E-state index >= 15 is 0 Å². The van der Waals surface area contributed by atoms with Gasteiger partial charge in [0.25, 0.3) is 11.5 Å². The Morgan fingerprint density at radius 3 is 2.28 bits per heavy atom. The van der Waals surface area contributed by atoms with E-state index in [1.165, 1.54) is 11.6 Å². The fourth-order valence-electron chi connectivity index (χ4n) is 3.10. The molecule has 0 radical (unpaired) electrons. The van der Waals surface area contributed by atoms with Crippen LogP contribution in [0.1, 0.15) is 10.4 Å². The van der Waals surface area contributed by atoms with Crippen molar-refractivity contribution in [2.24, 2.45) is 7.05 Å². The molecule has 1 heterocycles. The minimum Gasteiger partial charge on any atom is -0.506 e. The van der Waals surface area contributed by atoms with Crippen molar-refractivity contribution in [1.29, 1.82) is 0 Å². The van der Waals surface area contributed by atoms with E-state index in [-0.39, 0.29) is 0 Å². The van der Waals surface area contributed by atoms with Crippen molar-refractivity contribution in [1.82, 2.24) is 9.88 Å². The number of aromatic hydroxyl groups is 1. The van der Waals surface area contributed by atoms with Crippen LogP contribution in [0.3, 0.4) is 0 Å². The zero-order valence-electron chi connectivity index (χ0n) is 16.3. The van der Waals surface area contributed by atoms with E-state index in [2.05, 4.69) is 5.32 Å². The number of nitrogens with one attached hydrogen (secondary N) is 1. The summed E-state index contributed by atoms with van der Waals surface area (Å²) < 4.78 is 1.27. The monoisotopic (exact) mass is 395 g/mol. The number of benzene rings is 2. The van der Waals surface area contributed by atoms with Crippen LogP contribution >= 0.6 is 0 Å². The highest BCUT2D eigenvalue weighted by Gasteiger charge is 2.21. The number of carboxylic acid groups (broad SMARTS) is 1. The number of carboxylic acids is 1. The number of fused-ring (bicyclic) bond motifs is 1. The van der Waals surface area contributed by atoms with Crippen LogP contribution in [0.2, 0.25) is 0 Å². The van der Waals surface area contributed by atoms with Crippen LogP contribution in [-0.2, 0) is 11.8 Å². The molecule has 0 bridgehead atoms. The summed E-state index contributed by atoms with van der Waals surface area (Å²) >= 11 is 0. The highest BCUT2D eigenvalue weighted by atomic mass is 16.4. The zero-order chi connectivity index (χ0) is 21.3. The van der Waals surface area contributed by atoms with Gasteiger partial charge >= 0.3 is 5.97 Å². The Morgan fingerprint density at radius 1 is 1.07 bits per heavy atom. The first kappa shape index (κ1) is 19.9. The summed E-state index contributed by atoms with van der Waals surface area (Å²) in [6.07, 6.45) is 0. The molecule has 0 unspecified atom stereocenters. The van der Waals surface area contributed by atoms with Crippen molar-refractivity contribution in [3.63, 3.8) is 0 Å². The fraction of sp³-hybridized carbons (Fsp3) is 0.190. The van der Waals surface area contributed by atoms with Crippen molar-refractivity contribution in [3.05, 3.63) is 58.4 Å². The smallest absolute Gasteiger partial charge is 0.322 e. The van der Waals surface area contributed by atoms with Crippen molar-refractivity contribution >= 4 is 28.5 Å². The Hall–Kier alpha value is -3.81. The number of pyridine rings is 1.